The average Bonchev–Trinajstić information content (AvgIpc) is 3.02. The number of rotatable bonds is 6. The van der Waals surface area contributed by atoms with Crippen molar-refractivity contribution in [2.24, 2.45) is 0 Å². The maximum absolute atomic E-state index is 6.15. The molecule has 2 heterocycles. The molecule has 1 saturated heterocycles. The number of nitrogens with zero attached hydrogens (tertiary/aromatic N) is 2. The minimum absolute atomic E-state index is 0.0612. The lowest BCUT2D eigenvalue weighted by Crippen LogP contribution is -2.54. The number of aromatic nitrogens is 1. The number of hydrogen-bond donors (Lipinski definition) is 2. The largest absolute Gasteiger partial charge is 0.383 e. The van der Waals surface area contributed by atoms with E-state index in [0.717, 1.165) is 31.5 Å². The van der Waals surface area contributed by atoms with Crippen LogP contribution in [-0.4, -0.2) is 35.6 Å². The number of anilines is 1. The summed E-state index contributed by atoms with van der Waals surface area (Å²) >= 11 is 6.15. The number of hydrogen-bond acceptors (Lipinski definition) is 4. The van der Waals surface area contributed by atoms with E-state index >= 15 is 0 Å². The van der Waals surface area contributed by atoms with Gasteiger partial charge in [-0.05, 0) is 51.9 Å². The molecule has 0 bridgehead atoms. The summed E-state index contributed by atoms with van der Waals surface area (Å²) in [5.41, 5.74) is 7.22. The third-order valence-corrected chi connectivity index (χ3v) is 5.22. The average molecular weight is 311 g/mol. The summed E-state index contributed by atoms with van der Waals surface area (Å²) in [4.78, 5) is 6.86. The third kappa shape index (κ3) is 3.03. The summed E-state index contributed by atoms with van der Waals surface area (Å²) in [5.74, 6) is 0.573. The van der Waals surface area contributed by atoms with Gasteiger partial charge >= 0.3 is 0 Å². The van der Waals surface area contributed by atoms with Crippen LogP contribution in [0.25, 0.3) is 0 Å². The maximum atomic E-state index is 6.15. The molecule has 0 radical (unpaired) electrons. The second kappa shape index (κ2) is 6.95. The summed E-state index contributed by atoms with van der Waals surface area (Å²) in [7, 11) is 2.00. The number of nitrogens with one attached hydrogen (secondary N) is 1. The van der Waals surface area contributed by atoms with Crippen molar-refractivity contribution < 1.29 is 0 Å². The Morgan fingerprint density at radius 3 is 2.52 bits per heavy atom. The Hall–Kier alpha value is -0.840. The van der Waals surface area contributed by atoms with Crippen molar-refractivity contribution in [3.63, 3.8) is 0 Å². The van der Waals surface area contributed by atoms with Crippen LogP contribution in [-0.2, 0) is 0 Å². The molecule has 0 amide bonds. The van der Waals surface area contributed by atoms with Gasteiger partial charge in [-0.3, -0.25) is 4.90 Å². The van der Waals surface area contributed by atoms with E-state index in [1.807, 2.05) is 13.1 Å². The Kier molecular flexibility index (Phi) is 5.47. The van der Waals surface area contributed by atoms with Crippen LogP contribution < -0.4 is 11.1 Å². The standard InChI is InChI=1S/C16H27ClN4/c1-4-16(5-2,21-8-6-7-9-21)14(19-3)13-10-12(17)11-20-15(13)18/h10-11,14,19H,4-9H2,1-3H3,(H2,18,20). The van der Waals surface area contributed by atoms with Crippen LogP contribution in [0.3, 0.4) is 0 Å². The summed E-state index contributed by atoms with van der Waals surface area (Å²) in [5, 5.41) is 4.13. The van der Waals surface area contributed by atoms with Gasteiger partial charge in [0.15, 0.2) is 0 Å². The normalized spacial score (nSPS) is 18.1. The van der Waals surface area contributed by atoms with E-state index in [-0.39, 0.29) is 11.6 Å². The number of nitrogen functional groups attached to an aromatic ring is 1. The highest BCUT2D eigenvalue weighted by atomic mass is 35.5. The quantitative estimate of drug-likeness (QED) is 0.847. The zero-order valence-electron chi connectivity index (χ0n) is 13.3. The number of likely N-dealkylation sites (N-methyl/N-ethyl adjacent to an activating group) is 1. The van der Waals surface area contributed by atoms with E-state index in [1.165, 1.54) is 12.8 Å². The lowest BCUT2D eigenvalue weighted by atomic mass is 9.79. The van der Waals surface area contributed by atoms with E-state index in [1.54, 1.807) is 6.20 Å². The van der Waals surface area contributed by atoms with Crippen LogP contribution in [0, 0.1) is 0 Å². The first kappa shape index (κ1) is 16.5. The summed E-state index contributed by atoms with van der Waals surface area (Å²) < 4.78 is 0. The molecule has 1 aromatic rings. The van der Waals surface area contributed by atoms with Gasteiger partial charge in [-0.15, -0.1) is 0 Å². The predicted octanol–water partition coefficient (Wildman–Crippen LogP) is 3.23. The molecule has 1 aromatic heterocycles. The first-order chi connectivity index (χ1) is 10.1. The summed E-state index contributed by atoms with van der Waals surface area (Å²) in [6.07, 6.45) is 6.31. The first-order valence-corrected chi connectivity index (χ1v) is 8.30. The molecule has 118 valence electrons. The van der Waals surface area contributed by atoms with Crippen molar-refractivity contribution in [3.8, 4) is 0 Å². The number of nitrogens with two attached hydrogens (primary N) is 1. The van der Waals surface area contributed by atoms with Crippen molar-refractivity contribution >= 4 is 17.4 Å². The Labute approximate surface area is 133 Å². The molecule has 1 fully saturated rings. The molecule has 1 unspecified atom stereocenters. The molecular formula is C16H27ClN4. The van der Waals surface area contributed by atoms with E-state index in [0.29, 0.717) is 10.8 Å². The smallest absolute Gasteiger partial charge is 0.128 e. The Morgan fingerprint density at radius 2 is 2.00 bits per heavy atom. The fourth-order valence-electron chi connectivity index (χ4n) is 3.86. The van der Waals surface area contributed by atoms with Crippen molar-refractivity contribution in [1.29, 1.82) is 0 Å². The van der Waals surface area contributed by atoms with Crippen LogP contribution in [0.1, 0.15) is 51.1 Å². The monoisotopic (exact) mass is 310 g/mol. The van der Waals surface area contributed by atoms with Gasteiger partial charge in [0.25, 0.3) is 0 Å². The molecular weight excluding hydrogens is 284 g/mol. The second-order valence-electron chi connectivity index (χ2n) is 5.85. The highest BCUT2D eigenvalue weighted by Gasteiger charge is 2.43. The van der Waals surface area contributed by atoms with Crippen molar-refractivity contribution in [3.05, 3.63) is 22.8 Å². The fraction of sp³-hybridized carbons (Fsp3) is 0.688. The predicted molar refractivity (Wildman–Crippen MR) is 89.6 cm³/mol. The fourth-order valence-corrected chi connectivity index (χ4v) is 4.03. The molecule has 2 rings (SSSR count). The molecule has 4 nitrogen and oxygen atoms in total. The SMILES string of the molecule is CCC(CC)(C(NC)c1cc(Cl)cnc1N)N1CCCC1. The minimum atomic E-state index is 0.0612. The minimum Gasteiger partial charge on any atom is -0.383 e. The molecule has 0 spiro atoms. The topological polar surface area (TPSA) is 54.2 Å². The Balaban J connectivity index is 2.46. The highest BCUT2D eigenvalue weighted by Crippen LogP contribution is 2.41. The van der Waals surface area contributed by atoms with Crippen LogP contribution in [0.4, 0.5) is 5.82 Å². The molecule has 1 atom stereocenters. The lowest BCUT2D eigenvalue weighted by Gasteiger charge is -2.47. The van der Waals surface area contributed by atoms with Gasteiger partial charge in [-0.2, -0.15) is 0 Å². The number of halogens is 1. The molecule has 1 aliphatic heterocycles. The molecule has 21 heavy (non-hydrogen) atoms. The first-order valence-electron chi connectivity index (χ1n) is 7.92. The van der Waals surface area contributed by atoms with Crippen molar-refractivity contribution in [1.82, 2.24) is 15.2 Å². The summed E-state index contributed by atoms with van der Waals surface area (Å²) in [6.45, 7) is 6.85. The second-order valence-corrected chi connectivity index (χ2v) is 6.29. The number of likely N-dealkylation sites (tertiary alicyclic amines) is 1. The van der Waals surface area contributed by atoms with E-state index in [9.17, 15) is 0 Å². The van der Waals surface area contributed by atoms with Gasteiger partial charge in [0.05, 0.1) is 11.1 Å². The van der Waals surface area contributed by atoms with E-state index < -0.39 is 0 Å². The molecule has 5 heteroatoms. The van der Waals surface area contributed by atoms with Crippen LogP contribution in [0.2, 0.25) is 5.02 Å². The molecule has 0 saturated carbocycles. The highest BCUT2D eigenvalue weighted by molar-refractivity contribution is 6.30. The van der Waals surface area contributed by atoms with Crippen LogP contribution in [0.5, 0.6) is 0 Å². The zero-order chi connectivity index (χ0) is 15.5. The van der Waals surface area contributed by atoms with E-state index in [4.69, 9.17) is 17.3 Å². The van der Waals surface area contributed by atoms with E-state index in [2.05, 4.69) is 29.0 Å². The van der Waals surface area contributed by atoms with Gasteiger partial charge in [0.1, 0.15) is 5.82 Å². The van der Waals surface area contributed by atoms with Crippen molar-refractivity contribution in [2.45, 2.75) is 51.1 Å². The molecule has 3 N–H and O–H groups in total. The molecule has 1 aliphatic rings. The van der Waals surface area contributed by atoms with Gasteiger partial charge in [0, 0.05) is 17.3 Å². The third-order valence-electron chi connectivity index (χ3n) is 5.01. The van der Waals surface area contributed by atoms with Gasteiger partial charge < -0.3 is 11.1 Å². The maximum Gasteiger partial charge on any atom is 0.128 e. The summed E-state index contributed by atoms with van der Waals surface area (Å²) in [6, 6.07) is 2.10. The molecule has 0 aromatic carbocycles. The lowest BCUT2D eigenvalue weighted by molar-refractivity contribution is 0.0648. The zero-order valence-corrected chi connectivity index (χ0v) is 14.1. The van der Waals surface area contributed by atoms with Crippen LogP contribution >= 0.6 is 11.6 Å². The molecule has 0 aliphatic carbocycles. The van der Waals surface area contributed by atoms with Crippen molar-refractivity contribution in [2.75, 3.05) is 25.9 Å². The van der Waals surface area contributed by atoms with Gasteiger partial charge in [-0.1, -0.05) is 25.4 Å². The Bertz CT molecular complexity index is 467. The van der Waals surface area contributed by atoms with Gasteiger partial charge in [-0.25, -0.2) is 4.98 Å². The van der Waals surface area contributed by atoms with Gasteiger partial charge in [0.2, 0.25) is 0 Å². The number of pyridine rings is 1. The Morgan fingerprint density at radius 1 is 1.38 bits per heavy atom. The van der Waals surface area contributed by atoms with Crippen LogP contribution in [0.15, 0.2) is 12.3 Å².